The molecular weight excluding hydrogens is 224 g/mol. The molecule has 1 rings (SSSR count). The molecule has 0 aliphatic heterocycles. The largest absolute Gasteiger partial charge is 0.323 e. The van der Waals surface area contributed by atoms with Crippen molar-refractivity contribution in [3.8, 4) is 0 Å². The molecule has 1 N–H and O–H groups in total. The molecule has 1 aromatic rings. The third-order valence-electron chi connectivity index (χ3n) is 2.94. The number of rotatable bonds is 4. The van der Waals surface area contributed by atoms with Crippen molar-refractivity contribution in [3.05, 3.63) is 47.7 Å². The summed E-state index contributed by atoms with van der Waals surface area (Å²) < 4.78 is 0. The van der Waals surface area contributed by atoms with Crippen molar-refractivity contribution in [2.45, 2.75) is 27.3 Å². The van der Waals surface area contributed by atoms with E-state index in [-0.39, 0.29) is 6.03 Å². The summed E-state index contributed by atoms with van der Waals surface area (Å²) >= 11 is 0. The quantitative estimate of drug-likeness (QED) is 0.867. The van der Waals surface area contributed by atoms with Crippen molar-refractivity contribution in [1.82, 2.24) is 10.2 Å². The van der Waals surface area contributed by atoms with Crippen LogP contribution in [0.25, 0.3) is 0 Å². The van der Waals surface area contributed by atoms with E-state index in [2.05, 4.69) is 19.2 Å². The van der Waals surface area contributed by atoms with E-state index in [0.29, 0.717) is 12.5 Å². The molecule has 0 spiro atoms. The minimum Gasteiger partial charge on any atom is -0.323 e. The van der Waals surface area contributed by atoms with Crippen LogP contribution < -0.4 is 5.32 Å². The van der Waals surface area contributed by atoms with Crippen molar-refractivity contribution < 1.29 is 4.79 Å². The lowest BCUT2D eigenvalue weighted by Crippen LogP contribution is -2.34. The first-order chi connectivity index (χ1) is 8.50. The molecule has 0 fully saturated rings. The van der Waals surface area contributed by atoms with E-state index < -0.39 is 0 Å². The molecule has 0 heterocycles. The number of nitrogens with zero attached hydrogens (tertiary/aromatic N) is 1. The lowest BCUT2D eigenvalue weighted by Gasteiger charge is -2.17. The highest BCUT2D eigenvalue weighted by atomic mass is 16.2. The van der Waals surface area contributed by atoms with Gasteiger partial charge in [-0.3, -0.25) is 0 Å². The van der Waals surface area contributed by atoms with Crippen molar-refractivity contribution in [1.29, 1.82) is 0 Å². The highest BCUT2D eigenvalue weighted by Crippen LogP contribution is 2.06. The van der Waals surface area contributed by atoms with Gasteiger partial charge in [0.1, 0.15) is 0 Å². The molecule has 1 aromatic carbocycles. The second kappa shape index (κ2) is 6.84. The Bertz CT molecular complexity index is 410. The first-order valence-electron chi connectivity index (χ1n) is 6.23. The van der Waals surface area contributed by atoms with Crippen molar-refractivity contribution >= 4 is 6.03 Å². The number of hydrogen-bond donors (Lipinski definition) is 1. The molecule has 0 saturated heterocycles. The summed E-state index contributed by atoms with van der Waals surface area (Å²) in [6, 6.07) is 9.86. The standard InChI is InChI=1S/C15H22N2O/c1-12(2)13(3)10-16-15(18)17(4)11-14-8-6-5-7-9-14/h5-10,12H,11H2,1-4H3,(H,16,18)/b13-10+. The van der Waals surface area contributed by atoms with E-state index in [9.17, 15) is 4.79 Å². The van der Waals surface area contributed by atoms with Crippen LogP contribution in [0.15, 0.2) is 42.1 Å². The molecule has 0 unspecified atom stereocenters. The molecule has 0 saturated carbocycles. The molecule has 0 atom stereocenters. The van der Waals surface area contributed by atoms with Gasteiger partial charge < -0.3 is 10.2 Å². The summed E-state index contributed by atoms with van der Waals surface area (Å²) in [6.45, 7) is 6.83. The van der Waals surface area contributed by atoms with E-state index in [1.165, 1.54) is 0 Å². The van der Waals surface area contributed by atoms with Crippen LogP contribution in [-0.2, 0) is 6.54 Å². The summed E-state index contributed by atoms with van der Waals surface area (Å²) in [6.07, 6.45) is 1.79. The third-order valence-corrected chi connectivity index (χ3v) is 2.94. The number of amides is 2. The monoisotopic (exact) mass is 246 g/mol. The van der Waals surface area contributed by atoms with Gasteiger partial charge in [0.2, 0.25) is 0 Å². The Hall–Kier alpha value is -1.77. The van der Waals surface area contributed by atoms with Crippen molar-refractivity contribution in [2.24, 2.45) is 5.92 Å². The van der Waals surface area contributed by atoms with Gasteiger partial charge in [0.25, 0.3) is 0 Å². The first kappa shape index (κ1) is 14.3. The molecule has 2 amide bonds. The molecule has 0 aromatic heterocycles. The number of allylic oxidation sites excluding steroid dienone is 1. The van der Waals surface area contributed by atoms with Gasteiger partial charge >= 0.3 is 6.03 Å². The van der Waals surface area contributed by atoms with Crippen molar-refractivity contribution in [2.75, 3.05) is 7.05 Å². The van der Waals surface area contributed by atoms with Crippen LogP contribution >= 0.6 is 0 Å². The van der Waals surface area contributed by atoms with E-state index in [4.69, 9.17) is 0 Å². The van der Waals surface area contributed by atoms with Crippen LogP contribution in [0.2, 0.25) is 0 Å². The molecule has 98 valence electrons. The minimum atomic E-state index is -0.0844. The maximum Gasteiger partial charge on any atom is 0.321 e. The van der Waals surface area contributed by atoms with Gasteiger partial charge in [-0.25, -0.2) is 4.79 Å². The highest BCUT2D eigenvalue weighted by Gasteiger charge is 2.07. The lowest BCUT2D eigenvalue weighted by molar-refractivity contribution is 0.210. The van der Waals surface area contributed by atoms with Crippen LogP contribution in [0, 0.1) is 5.92 Å². The molecule has 0 bridgehead atoms. The molecule has 3 heteroatoms. The summed E-state index contributed by atoms with van der Waals surface area (Å²) in [5, 5.41) is 2.81. The third kappa shape index (κ3) is 4.62. The first-order valence-corrected chi connectivity index (χ1v) is 6.23. The Labute approximate surface area is 109 Å². The van der Waals surface area contributed by atoms with Crippen molar-refractivity contribution in [3.63, 3.8) is 0 Å². The number of urea groups is 1. The molecule has 0 aliphatic carbocycles. The van der Waals surface area contributed by atoms with Gasteiger partial charge in [-0.15, -0.1) is 0 Å². The van der Waals surface area contributed by atoms with Gasteiger partial charge in [0, 0.05) is 19.8 Å². The predicted molar refractivity (Wildman–Crippen MR) is 75.0 cm³/mol. The summed E-state index contributed by atoms with van der Waals surface area (Å²) in [5.41, 5.74) is 2.29. The minimum absolute atomic E-state index is 0.0844. The Morgan fingerprint density at radius 3 is 2.50 bits per heavy atom. The number of hydrogen-bond acceptors (Lipinski definition) is 1. The molecule has 0 aliphatic rings. The predicted octanol–water partition coefficient (Wildman–Crippen LogP) is 3.39. The number of carbonyl (C=O) groups excluding carboxylic acids is 1. The normalized spacial score (nSPS) is 11.5. The van der Waals surface area contributed by atoms with Crippen LogP contribution in [0.4, 0.5) is 4.79 Å². The molecular formula is C15H22N2O. The fourth-order valence-electron chi connectivity index (χ4n) is 1.38. The summed E-state index contributed by atoms with van der Waals surface area (Å²) in [5.74, 6) is 0.449. The Morgan fingerprint density at radius 1 is 1.33 bits per heavy atom. The topological polar surface area (TPSA) is 32.3 Å². The average Bonchev–Trinajstić information content (AvgIpc) is 2.36. The van der Waals surface area contributed by atoms with Gasteiger partial charge in [-0.1, -0.05) is 49.8 Å². The highest BCUT2D eigenvalue weighted by molar-refractivity contribution is 5.74. The Kier molecular flexibility index (Phi) is 5.43. The molecule has 3 nitrogen and oxygen atoms in total. The SMILES string of the molecule is C/C(=C\NC(=O)N(C)Cc1ccccc1)C(C)C. The second-order valence-electron chi connectivity index (χ2n) is 4.83. The average molecular weight is 246 g/mol. The van der Waals surface area contributed by atoms with Gasteiger partial charge in [0.15, 0.2) is 0 Å². The Balaban J connectivity index is 2.50. The van der Waals surface area contributed by atoms with E-state index >= 15 is 0 Å². The van der Waals surface area contributed by atoms with Crippen LogP contribution in [0.3, 0.4) is 0 Å². The lowest BCUT2D eigenvalue weighted by atomic mass is 10.1. The summed E-state index contributed by atoms with van der Waals surface area (Å²) in [4.78, 5) is 13.5. The number of benzene rings is 1. The molecule has 18 heavy (non-hydrogen) atoms. The summed E-state index contributed by atoms with van der Waals surface area (Å²) in [7, 11) is 1.79. The number of carbonyl (C=O) groups is 1. The maximum atomic E-state index is 11.8. The van der Waals surface area contributed by atoms with Crippen LogP contribution in [0.1, 0.15) is 26.3 Å². The number of nitrogens with one attached hydrogen (secondary N) is 1. The maximum absolute atomic E-state index is 11.8. The van der Waals surface area contributed by atoms with Gasteiger partial charge in [-0.05, 0) is 18.4 Å². The van der Waals surface area contributed by atoms with Gasteiger partial charge in [-0.2, -0.15) is 0 Å². The van der Waals surface area contributed by atoms with Crippen LogP contribution in [0.5, 0.6) is 0 Å². The van der Waals surface area contributed by atoms with E-state index in [1.54, 1.807) is 18.1 Å². The van der Waals surface area contributed by atoms with Crippen LogP contribution in [-0.4, -0.2) is 18.0 Å². The zero-order chi connectivity index (χ0) is 13.5. The zero-order valence-electron chi connectivity index (χ0n) is 11.6. The fraction of sp³-hybridized carbons (Fsp3) is 0.400. The Morgan fingerprint density at radius 2 is 1.94 bits per heavy atom. The van der Waals surface area contributed by atoms with E-state index in [1.807, 2.05) is 37.3 Å². The fourth-order valence-corrected chi connectivity index (χ4v) is 1.38. The van der Waals surface area contributed by atoms with E-state index in [0.717, 1.165) is 11.1 Å². The smallest absolute Gasteiger partial charge is 0.321 e. The zero-order valence-corrected chi connectivity index (χ0v) is 11.6. The van der Waals surface area contributed by atoms with Gasteiger partial charge in [0.05, 0.1) is 0 Å². The molecule has 0 radical (unpaired) electrons. The second-order valence-corrected chi connectivity index (χ2v) is 4.83.